The highest BCUT2D eigenvalue weighted by Gasteiger charge is 2.24. The van der Waals surface area contributed by atoms with E-state index in [0.717, 1.165) is 52.6 Å². The molecule has 0 unspecified atom stereocenters. The van der Waals surface area contributed by atoms with Crippen molar-refractivity contribution in [1.82, 2.24) is 0 Å². The number of aryl methyl sites for hydroxylation is 1. The second-order valence-electron chi connectivity index (χ2n) is 10.9. The number of rotatable bonds is 10. The van der Waals surface area contributed by atoms with E-state index >= 15 is 4.39 Å². The van der Waals surface area contributed by atoms with Crippen molar-refractivity contribution in [1.29, 1.82) is 0 Å². The summed E-state index contributed by atoms with van der Waals surface area (Å²) in [6.45, 7) is 4.51. The Bertz CT molecular complexity index is 1150. The Balaban J connectivity index is 1.38. The van der Waals surface area contributed by atoms with Crippen molar-refractivity contribution in [3.05, 3.63) is 82.7 Å². The molecule has 0 N–H and O–H groups in total. The van der Waals surface area contributed by atoms with E-state index in [-0.39, 0.29) is 5.82 Å². The molecule has 1 aliphatic rings. The van der Waals surface area contributed by atoms with Gasteiger partial charge < -0.3 is 0 Å². The molecule has 0 radical (unpaired) electrons. The first-order valence-electron chi connectivity index (χ1n) is 14.5. The Morgan fingerprint density at radius 1 is 0.722 bits per heavy atom. The molecule has 0 aromatic heterocycles. The van der Waals surface area contributed by atoms with Crippen LogP contribution in [0.2, 0.25) is 0 Å². The van der Waals surface area contributed by atoms with Crippen LogP contribution in [0.15, 0.2) is 54.6 Å². The third kappa shape index (κ3) is 7.22. The topological polar surface area (TPSA) is 0 Å². The molecule has 0 atom stereocenters. The van der Waals surface area contributed by atoms with Crippen LogP contribution < -0.4 is 0 Å². The van der Waals surface area contributed by atoms with Gasteiger partial charge in [0, 0.05) is 16.5 Å². The maximum atomic E-state index is 15.5. The minimum Gasteiger partial charge on any atom is -0.206 e. The summed E-state index contributed by atoms with van der Waals surface area (Å²) in [5.74, 6) is 7.76. The number of unbranched alkanes of at least 4 members (excludes halogenated alkanes) is 5. The molecule has 4 rings (SSSR count). The van der Waals surface area contributed by atoms with E-state index < -0.39 is 0 Å². The van der Waals surface area contributed by atoms with Crippen molar-refractivity contribution >= 4 is 10.8 Å². The van der Waals surface area contributed by atoms with Crippen LogP contribution >= 0.6 is 0 Å². The van der Waals surface area contributed by atoms with Crippen LogP contribution in [0.1, 0.15) is 119 Å². The summed E-state index contributed by atoms with van der Waals surface area (Å²) < 4.78 is 15.5. The largest absolute Gasteiger partial charge is 0.206 e. The molecule has 0 heterocycles. The Labute approximate surface area is 218 Å². The zero-order valence-electron chi connectivity index (χ0n) is 22.4. The fourth-order valence-corrected chi connectivity index (χ4v) is 5.80. The van der Waals surface area contributed by atoms with Gasteiger partial charge >= 0.3 is 0 Å². The highest BCUT2D eigenvalue weighted by atomic mass is 19.1. The monoisotopic (exact) mass is 482 g/mol. The molecule has 3 aromatic carbocycles. The van der Waals surface area contributed by atoms with Gasteiger partial charge in [-0.15, -0.1) is 0 Å². The molecular weight excluding hydrogens is 439 g/mol. The SMILES string of the molecule is CCCCCCC1CCC(c2ccc3cc(C#Cc4ccc(CCCCC)cc4)ccc3c2F)CC1. The predicted octanol–water partition coefficient (Wildman–Crippen LogP) is 10.4. The van der Waals surface area contributed by atoms with Crippen molar-refractivity contribution in [3.8, 4) is 11.8 Å². The summed E-state index contributed by atoms with van der Waals surface area (Å²) in [6.07, 6.45) is 16.4. The van der Waals surface area contributed by atoms with Crippen LogP contribution in [0, 0.1) is 23.6 Å². The fourth-order valence-electron chi connectivity index (χ4n) is 5.80. The minimum absolute atomic E-state index is 0.0166. The summed E-state index contributed by atoms with van der Waals surface area (Å²) in [7, 11) is 0. The first-order chi connectivity index (χ1) is 17.7. The molecule has 1 aliphatic carbocycles. The molecule has 190 valence electrons. The van der Waals surface area contributed by atoms with Crippen LogP contribution in [0.4, 0.5) is 4.39 Å². The van der Waals surface area contributed by atoms with Gasteiger partial charge in [-0.1, -0.05) is 101 Å². The number of halogens is 1. The van der Waals surface area contributed by atoms with E-state index in [1.165, 1.54) is 69.8 Å². The van der Waals surface area contributed by atoms with Gasteiger partial charge in [-0.05, 0) is 91.1 Å². The van der Waals surface area contributed by atoms with Gasteiger partial charge in [-0.2, -0.15) is 0 Å². The van der Waals surface area contributed by atoms with E-state index in [2.05, 4.69) is 56.0 Å². The third-order valence-electron chi connectivity index (χ3n) is 8.11. The third-order valence-corrected chi connectivity index (χ3v) is 8.11. The Morgan fingerprint density at radius 2 is 1.42 bits per heavy atom. The molecule has 0 aliphatic heterocycles. The lowest BCUT2D eigenvalue weighted by molar-refractivity contribution is 0.299. The average Bonchev–Trinajstić information content (AvgIpc) is 2.91. The molecule has 1 saturated carbocycles. The fraction of sp³-hybridized carbons (Fsp3) is 0.486. The first-order valence-corrected chi connectivity index (χ1v) is 14.5. The standard InChI is InChI=1S/C35H43F/c1-3-5-7-9-11-28-18-21-31(22-19-28)33-25-23-32-26-30(20-24-34(32)35(33)36)17-16-29-14-12-27(13-15-29)10-8-6-4-2/h12-15,20,23-26,28,31H,3-11,18-19,21-22H2,1-2H3. The average molecular weight is 483 g/mol. The maximum absolute atomic E-state index is 15.5. The molecule has 0 saturated heterocycles. The number of fused-ring (bicyclic) bond motifs is 1. The van der Waals surface area contributed by atoms with Crippen molar-refractivity contribution in [2.75, 3.05) is 0 Å². The van der Waals surface area contributed by atoms with Gasteiger partial charge in [0.15, 0.2) is 0 Å². The lowest BCUT2D eigenvalue weighted by Gasteiger charge is -2.29. The van der Waals surface area contributed by atoms with Crippen LogP contribution in [0.25, 0.3) is 10.8 Å². The number of hydrogen-bond acceptors (Lipinski definition) is 0. The Morgan fingerprint density at radius 3 is 2.17 bits per heavy atom. The summed E-state index contributed by atoms with van der Waals surface area (Å²) in [6, 6.07) is 18.7. The van der Waals surface area contributed by atoms with E-state index in [1.54, 1.807) is 0 Å². The minimum atomic E-state index is -0.0166. The summed E-state index contributed by atoms with van der Waals surface area (Å²) in [5, 5.41) is 1.68. The highest BCUT2D eigenvalue weighted by molar-refractivity contribution is 5.85. The number of hydrogen-bond donors (Lipinski definition) is 0. The zero-order chi connectivity index (χ0) is 25.2. The van der Waals surface area contributed by atoms with E-state index in [1.807, 2.05) is 24.3 Å². The predicted molar refractivity (Wildman–Crippen MR) is 153 cm³/mol. The second-order valence-corrected chi connectivity index (χ2v) is 10.9. The maximum Gasteiger partial charge on any atom is 0.134 e. The smallest absolute Gasteiger partial charge is 0.134 e. The second kappa shape index (κ2) is 13.6. The summed E-state index contributed by atoms with van der Waals surface area (Å²) in [4.78, 5) is 0. The highest BCUT2D eigenvalue weighted by Crippen LogP contribution is 2.40. The van der Waals surface area contributed by atoms with Gasteiger partial charge in [0.05, 0.1) is 0 Å². The van der Waals surface area contributed by atoms with Gasteiger partial charge in [0.25, 0.3) is 0 Å². The van der Waals surface area contributed by atoms with Crippen LogP contribution in [-0.2, 0) is 6.42 Å². The van der Waals surface area contributed by atoms with Crippen LogP contribution in [0.3, 0.4) is 0 Å². The van der Waals surface area contributed by atoms with Crippen LogP contribution in [0.5, 0.6) is 0 Å². The zero-order valence-corrected chi connectivity index (χ0v) is 22.4. The molecule has 0 bridgehead atoms. The summed E-state index contributed by atoms with van der Waals surface area (Å²) >= 11 is 0. The normalized spacial score (nSPS) is 17.6. The molecule has 0 amide bonds. The van der Waals surface area contributed by atoms with Gasteiger partial charge in [-0.25, -0.2) is 4.39 Å². The van der Waals surface area contributed by atoms with Crippen molar-refractivity contribution in [3.63, 3.8) is 0 Å². The molecule has 0 nitrogen and oxygen atoms in total. The quantitative estimate of drug-likeness (QED) is 0.199. The lowest BCUT2D eigenvalue weighted by atomic mass is 9.76. The van der Waals surface area contributed by atoms with Crippen LogP contribution in [-0.4, -0.2) is 0 Å². The van der Waals surface area contributed by atoms with E-state index in [9.17, 15) is 0 Å². The number of benzene rings is 3. The van der Waals surface area contributed by atoms with Gasteiger partial charge in [0.2, 0.25) is 0 Å². The lowest BCUT2D eigenvalue weighted by Crippen LogP contribution is -2.14. The van der Waals surface area contributed by atoms with Crippen molar-refractivity contribution < 1.29 is 4.39 Å². The Hall–Kier alpha value is -2.59. The molecule has 1 fully saturated rings. The Kier molecular flexibility index (Phi) is 10.0. The van der Waals surface area contributed by atoms with Gasteiger partial charge in [-0.3, -0.25) is 0 Å². The van der Waals surface area contributed by atoms with Crippen molar-refractivity contribution in [2.24, 2.45) is 5.92 Å². The molecule has 1 heteroatoms. The molecule has 3 aromatic rings. The van der Waals surface area contributed by atoms with Crippen molar-refractivity contribution in [2.45, 2.75) is 103 Å². The molecular formula is C35H43F. The molecule has 0 spiro atoms. The van der Waals surface area contributed by atoms with E-state index in [4.69, 9.17) is 0 Å². The van der Waals surface area contributed by atoms with Gasteiger partial charge in [0.1, 0.15) is 5.82 Å². The summed E-state index contributed by atoms with van der Waals surface area (Å²) in [5.41, 5.74) is 4.26. The first kappa shape index (κ1) is 26.5. The van der Waals surface area contributed by atoms with E-state index in [0.29, 0.717) is 5.92 Å². The molecule has 36 heavy (non-hydrogen) atoms.